The maximum Gasteiger partial charge on any atom is 0.244 e. The van der Waals surface area contributed by atoms with E-state index < -0.39 is 10.0 Å². The van der Waals surface area contributed by atoms with Crippen LogP contribution in [0.3, 0.4) is 0 Å². The maximum atomic E-state index is 12.4. The maximum absolute atomic E-state index is 12.4. The lowest BCUT2D eigenvalue weighted by Crippen LogP contribution is -2.24. The standard InChI is InChI=1S/C14H19N3O3S/c1-9-5-6-13(20-4)12(7-9)8-15-21(18,19)14-10(2)16-17-11(14)3/h5-7,15H,8H2,1-4H3,(H,16,17). The topological polar surface area (TPSA) is 84.1 Å². The van der Waals surface area contributed by atoms with Crippen LogP contribution < -0.4 is 9.46 Å². The third-order valence-electron chi connectivity index (χ3n) is 3.22. The van der Waals surface area contributed by atoms with Crippen LogP contribution >= 0.6 is 0 Å². The number of benzene rings is 1. The number of hydrogen-bond acceptors (Lipinski definition) is 4. The van der Waals surface area contributed by atoms with Gasteiger partial charge in [0.1, 0.15) is 10.6 Å². The number of aryl methyl sites for hydroxylation is 3. The van der Waals surface area contributed by atoms with Crippen molar-refractivity contribution in [3.8, 4) is 5.75 Å². The fourth-order valence-electron chi connectivity index (χ4n) is 2.23. The first-order chi connectivity index (χ1) is 9.85. The summed E-state index contributed by atoms with van der Waals surface area (Å²) in [6, 6.07) is 5.64. The molecule has 0 fully saturated rings. The van der Waals surface area contributed by atoms with Gasteiger partial charge < -0.3 is 4.74 Å². The molecule has 2 aromatic rings. The Kier molecular flexibility index (Phi) is 4.34. The first-order valence-electron chi connectivity index (χ1n) is 6.50. The van der Waals surface area contributed by atoms with Crippen molar-refractivity contribution in [2.45, 2.75) is 32.2 Å². The van der Waals surface area contributed by atoms with E-state index in [1.165, 1.54) is 0 Å². The lowest BCUT2D eigenvalue weighted by atomic mass is 10.1. The molecule has 0 aliphatic rings. The van der Waals surface area contributed by atoms with Crippen molar-refractivity contribution in [2.75, 3.05) is 7.11 Å². The molecule has 2 rings (SSSR count). The molecular weight excluding hydrogens is 290 g/mol. The second kappa shape index (κ2) is 5.87. The zero-order valence-electron chi connectivity index (χ0n) is 12.5. The smallest absolute Gasteiger partial charge is 0.244 e. The molecule has 0 amide bonds. The van der Waals surface area contributed by atoms with Gasteiger partial charge in [-0.15, -0.1) is 0 Å². The molecule has 6 nitrogen and oxygen atoms in total. The van der Waals surface area contributed by atoms with Gasteiger partial charge in [0, 0.05) is 12.1 Å². The minimum absolute atomic E-state index is 0.164. The molecule has 0 radical (unpaired) electrons. The highest BCUT2D eigenvalue weighted by Gasteiger charge is 2.22. The number of ether oxygens (including phenoxy) is 1. The van der Waals surface area contributed by atoms with E-state index in [4.69, 9.17) is 4.74 Å². The summed E-state index contributed by atoms with van der Waals surface area (Å²) in [7, 11) is -2.05. The Bertz CT molecular complexity index is 731. The monoisotopic (exact) mass is 309 g/mol. The number of methoxy groups -OCH3 is 1. The van der Waals surface area contributed by atoms with Gasteiger partial charge in [-0.25, -0.2) is 13.1 Å². The molecule has 1 aromatic carbocycles. The van der Waals surface area contributed by atoms with Gasteiger partial charge in [0.15, 0.2) is 0 Å². The van der Waals surface area contributed by atoms with E-state index in [1.54, 1.807) is 21.0 Å². The Morgan fingerprint density at radius 1 is 1.29 bits per heavy atom. The minimum atomic E-state index is -3.61. The highest BCUT2D eigenvalue weighted by Crippen LogP contribution is 2.21. The summed E-state index contributed by atoms with van der Waals surface area (Å²) in [5, 5.41) is 6.60. The van der Waals surface area contributed by atoms with Crippen LogP contribution in [0, 0.1) is 20.8 Å². The first kappa shape index (κ1) is 15.5. The van der Waals surface area contributed by atoms with Crippen LogP contribution in [0.2, 0.25) is 0 Å². The molecular formula is C14H19N3O3S. The molecule has 2 N–H and O–H groups in total. The van der Waals surface area contributed by atoms with Gasteiger partial charge in [-0.05, 0) is 26.8 Å². The van der Waals surface area contributed by atoms with Crippen LogP contribution in [0.1, 0.15) is 22.5 Å². The number of aromatic nitrogens is 2. The first-order valence-corrected chi connectivity index (χ1v) is 7.98. The Hall–Kier alpha value is -1.86. The van der Waals surface area contributed by atoms with Crippen molar-refractivity contribution in [3.63, 3.8) is 0 Å². The lowest BCUT2D eigenvalue weighted by molar-refractivity contribution is 0.409. The fourth-order valence-corrected chi connectivity index (χ4v) is 3.60. The van der Waals surface area contributed by atoms with E-state index >= 15 is 0 Å². The molecule has 0 aliphatic carbocycles. The number of sulfonamides is 1. The second-order valence-corrected chi connectivity index (χ2v) is 6.61. The molecule has 0 bridgehead atoms. The summed E-state index contributed by atoms with van der Waals surface area (Å²) in [6.45, 7) is 5.45. The average Bonchev–Trinajstić information content (AvgIpc) is 2.77. The van der Waals surface area contributed by atoms with E-state index in [9.17, 15) is 8.42 Å². The summed E-state index contributed by atoms with van der Waals surface area (Å²) < 4.78 is 32.6. The molecule has 0 atom stereocenters. The Morgan fingerprint density at radius 3 is 2.57 bits per heavy atom. The van der Waals surface area contributed by atoms with Crippen LogP contribution in [0.4, 0.5) is 0 Å². The summed E-state index contributed by atoms with van der Waals surface area (Å²) >= 11 is 0. The van der Waals surface area contributed by atoms with Crippen LogP contribution in [0.25, 0.3) is 0 Å². The van der Waals surface area contributed by atoms with E-state index in [2.05, 4.69) is 14.9 Å². The molecule has 114 valence electrons. The van der Waals surface area contributed by atoms with Crippen LogP contribution in [0.5, 0.6) is 5.75 Å². The molecule has 1 heterocycles. The quantitative estimate of drug-likeness (QED) is 0.882. The van der Waals surface area contributed by atoms with Crippen molar-refractivity contribution >= 4 is 10.0 Å². The predicted molar refractivity (Wildman–Crippen MR) is 79.8 cm³/mol. The summed E-state index contributed by atoms with van der Waals surface area (Å²) in [4.78, 5) is 0.203. The van der Waals surface area contributed by atoms with Gasteiger partial charge >= 0.3 is 0 Å². The molecule has 0 saturated heterocycles. The largest absolute Gasteiger partial charge is 0.496 e. The van der Waals surface area contributed by atoms with Crippen molar-refractivity contribution < 1.29 is 13.2 Å². The number of aromatic amines is 1. The van der Waals surface area contributed by atoms with Gasteiger partial charge in [0.25, 0.3) is 0 Å². The third-order valence-corrected chi connectivity index (χ3v) is 4.88. The zero-order valence-corrected chi connectivity index (χ0v) is 13.3. The Morgan fingerprint density at radius 2 is 2.00 bits per heavy atom. The fraction of sp³-hybridized carbons (Fsp3) is 0.357. The zero-order chi connectivity index (χ0) is 15.6. The van der Waals surface area contributed by atoms with Gasteiger partial charge in [-0.2, -0.15) is 5.10 Å². The second-order valence-electron chi connectivity index (χ2n) is 4.90. The molecule has 21 heavy (non-hydrogen) atoms. The van der Waals surface area contributed by atoms with Gasteiger partial charge in [0.2, 0.25) is 10.0 Å². The number of nitrogens with one attached hydrogen (secondary N) is 2. The normalized spacial score (nSPS) is 11.6. The van der Waals surface area contributed by atoms with E-state index in [0.717, 1.165) is 11.1 Å². The SMILES string of the molecule is COc1ccc(C)cc1CNS(=O)(=O)c1c(C)n[nH]c1C. The molecule has 0 aliphatic heterocycles. The highest BCUT2D eigenvalue weighted by molar-refractivity contribution is 7.89. The number of hydrogen-bond donors (Lipinski definition) is 2. The Labute approximate surface area is 124 Å². The van der Waals surface area contributed by atoms with Crippen LogP contribution in [0.15, 0.2) is 23.1 Å². The van der Waals surface area contributed by atoms with Crippen molar-refractivity contribution in [2.24, 2.45) is 0 Å². The van der Waals surface area contributed by atoms with Crippen LogP contribution in [-0.4, -0.2) is 25.7 Å². The Balaban J connectivity index is 2.26. The van der Waals surface area contributed by atoms with E-state index in [1.807, 2.05) is 25.1 Å². The van der Waals surface area contributed by atoms with E-state index in [0.29, 0.717) is 17.1 Å². The summed E-state index contributed by atoms with van der Waals surface area (Å²) in [6.07, 6.45) is 0. The highest BCUT2D eigenvalue weighted by atomic mass is 32.2. The molecule has 0 spiro atoms. The average molecular weight is 309 g/mol. The molecule has 7 heteroatoms. The van der Waals surface area contributed by atoms with Crippen molar-refractivity contribution in [1.82, 2.24) is 14.9 Å². The minimum Gasteiger partial charge on any atom is -0.496 e. The van der Waals surface area contributed by atoms with Crippen molar-refractivity contribution in [3.05, 3.63) is 40.7 Å². The third kappa shape index (κ3) is 3.25. The van der Waals surface area contributed by atoms with Crippen molar-refractivity contribution in [1.29, 1.82) is 0 Å². The van der Waals surface area contributed by atoms with Gasteiger partial charge in [0.05, 0.1) is 18.5 Å². The predicted octanol–water partition coefficient (Wildman–Crippen LogP) is 1.82. The number of nitrogens with zero attached hydrogens (tertiary/aromatic N) is 1. The number of rotatable bonds is 5. The summed E-state index contributed by atoms with van der Waals surface area (Å²) in [5.74, 6) is 0.656. The number of H-pyrrole nitrogens is 1. The molecule has 0 saturated carbocycles. The van der Waals surface area contributed by atoms with Gasteiger partial charge in [-0.1, -0.05) is 17.7 Å². The van der Waals surface area contributed by atoms with E-state index in [-0.39, 0.29) is 11.4 Å². The van der Waals surface area contributed by atoms with Crippen LogP contribution in [-0.2, 0) is 16.6 Å². The molecule has 1 aromatic heterocycles. The van der Waals surface area contributed by atoms with Gasteiger partial charge in [-0.3, -0.25) is 5.10 Å². The summed E-state index contributed by atoms with van der Waals surface area (Å²) in [5.41, 5.74) is 2.81. The molecule has 0 unspecified atom stereocenters. The lowest BCUT2D eigenvalue weighted by Gasteiger charge is -2.11.